The monoisotopic (exact) mass is 280 g/mol. The van der Waals surface area contributed by atoms with Crippen LogP contribution in [0.3, 0.4) is 0 Å². The van der Waals surface area contributed by atoms with Crippen LogP contribution < -0.4 is 0 Å². The summed E-state index contributed by atoms with van der Waals surface area (Å²) in [6, 6.07) is 8.89. The lowest BCUT2D eigenvalue weighted by Gasteiger charge is -2.24. The molecule has 0 saturated heterocycles. The molecule has 1 aromatic rings. The highest BCUT2D eigenvalue weighted by atomic mass is 16.6. The summed E-state index contributed by atoms with van der Waals surface area (Å²) in [5, 5.41) is 8.63. The van der Waals surface area contributed by atoms with Crippen LogP contribution in [0.5, 0.6) is 0 Å². The van der Waals surface area contributed by atoms with Crippen LogP contribution in [0, 0.1) is 0 Å². The number of hydrogen-bond donors (Lipinski definition) is 1. The van der Waals surface area contributed by atoms with E-state index in [1.165, 1.54) is 0 Å². The first-order valence-corrected chi connectivity index (χ1v) is 6.41. The van der Waals surface area contributed by atoms with Gasteiger partial charge in [-0.15, -0.1) is 0 Å². The molecule has 1 unspecified atom stereocenters. The van der Waals surface area contributed by atoms with Crippen LogP contribution in [0.25, 0.3) is 0 Å². The summed E-state index contributed by atoms with van der Waals surface area (Å²) in [5.74, 6) is -1.49. The maximum Gasteiger partial charge on any atom is 0.340 e. The predicted molar refractivity (Wildman–Crippen MR) is 73.2 cm³/mol. The molecular weight excluding hydrogens is 260 g/mol. The lowest BCUT2D eigenvalue weighted by molar-refractivity contribution is -0.170. The molecule has 1 N–H and O–H groups in total. The summed E-state index contributed by atoms with van der Waals surface area (Å²) in [5.41, 5.74) is 0.0208. The Morgan fingerprint density at radius 1 is 1.20 bits per heavy atom. The Morgan fingerprint density at radius 3 is 2.30 bits per heavy atom. The Balaban J connectivity index is 2.79. The fourth-order valence-electron chi connectivity index (χ4n) is 1.55. The molecule has 1 rings (SSSR count). The Hall–Kier alpha value is -1.88. The number of ether oxygens (including phenoxy) is 2. The van der Waals surface area contributed by atoms with Gasteiger partial charge in [-0.1, -0.05) is 30.3 Å². The average molecular weight is 280 g/mol. The minimum absolute atomic E-state index is 0.0475. The number of carboxylic acid groups (broad SMARTS) is 1. The molecule has 5 nitrogen and oxygen atoms in total. The third-order valence-electron chi connectivity index (χ3n) is 2.32. The molecule has 110 valence electrons. The zero-order chi connectivity index (χ0) is 15.2. The van der Waals surface area contributed by atoms with Gasteiger partial charge in [0.25, 0.3) is 0 Å². The third kappa shape index (κ3) is 5.84. The van der Waals surface area contributed by atoms with Gasteiger partial charge in [-0.25, -0.2) is 4.79 Å². The molecule has 0 bridgehead atoms. The molecular formula is C15H20O5. The number of aliphatic carboxylic acids is 1. The lowest BCUT2D eigenvalue weighted by atomic mass is 10.1. The molecule has 5 heteroatoms. The Bertz CT molecular complexity index is 447. The summed E-state index contributed by atoms with van der Waals surface area (Å²) in [4.78, 5) is 22.7. The van der Waals surface area contributed by atoms with Crippen molar-refractivity contribution < 1.29 is 24.2 Å². The van der Waals surface area contributed by atoms with Crippen molar-refractivity contribution >= 4 is 11.9 Å². The minimum atomic E-state index is -0.971. The van der Waals surface area contributed by atoms with E-state index in [0.717, 1.165) is 0 Å². The second kappa shape index (κ2) is 7.05. The van der Waals surface area contributed by atoms with Gasteiger partial charge in [0.15, 0.2) is 6.10 Å². The Morgan fingerprint density at radius 2 is 1.80 bits per heavy atom. The van der Waals surface area contributed by atoms with Gasteiger partial charge in [0.05, 0.1) is 13.0 Å². The number of hydrogen-bond acceptors (Lipinski definition) is 4. The van der Waals surface area contributed by atoms with Crippen molar-refractivity contribution in [1.82, 2.24) is 0 Å². The van der Waals surface area contributed by atoms with E-state index in [2.05, 4.69) is 0 Å². The zero-order valence-electron chi connectivity index (χ0n) is 12.0. The van der Waals surface area contributed by atoms with E-state index in [4.69, 9.17) is 14.6 Å². The highest BCUT2D eigenvalue weighted by Crippen LogP contribution is 2.22. The zero-order valence-corrected chi connectivity index (χ0v) is 12.0. The van der Waals surface area contributed by atoms with Gasteiger partial charge >= 0.3 is 11.9 Å². The van der Waals surface area contributed by atoms with Crippen molar-refractivity contribution in [2.24, 2.45) is 0 Å². The van der Waals surface area contributed by atoms with Gasteiger partial charge in [-0.05, 0) is 26.3 Å². The SMILES string of the molecule is CC(C)(C)OC(=O)C(OCCC(=O)O)c1ccccc1. The molecule has 0 aromatic heterocycles. The number of rotatable bonds is 6. The molecule has 0 saturated carbocycles. The molecule has 0 spiro atoms. The summed E-state index contributed by atoms with van der Waals surface area (Å²) in [6.07, 6.45) is -1.07. The van der Waals surface area contributed by atoms with E-state index >= 15 is 0 Å². The maximum atomic E-state index is 12.1. The maximum absolute atomic E-state index is 12.1. The minimum Gasteiger partial charge on any atom is -0.481 e. The summed E-state index contributed by atoms with van der Waals surface area (Å²) in [7, 11) is 0. The molecule has 0 aliphatic heterocycles. The van der Waals surface area contributed by atoms with Crippen molar-refractivity contribution in [3.05, 3.63) is 35.9 Å². The van der Waals surface area contributed by atoms with Gasteiger partial charge in [0, 0.05) is 0 Å². The van der Waals surface area contributed by atoms with E-state index in [9.17, 15) is 9.59 Å². The van der Waals surface area contributed by atoms with Crippen molar-refractivity contribution in [2.45, 2.75) is 38.9 Å². The highest BCUT2D eigenvalue weighted by Gasteiger charge is 2.27. The highest BCUT2D eigenvalue weighted by molar-refractivity contribution is 5.77. The molecule has 1 atom stereocenters. The first-order valence-electron chi connectivity index (χ1n) is 6.41. The number of esters is 1. The third-order valence-corrected chi connectivity index (χ3v) is 2.32. The van der Waals surface area contributed by atoms with Gasteiger partial charge in [0.2, 0.25) is 0 Å². The van der Waals surface area contributed by atoms with Gasteiger partial charge in [0.1, 0.15) is 5.60 Å². The average Bonchev–Trinajstić information content (AvgIpc) is 2.33. The van der Waals surface area contributed by atoms with Crippen molar-refractivity contribution in [1.29, 1.82) is 0 Å². The largest absolute Gasteiger partial charge is 0.481 e. The fraction of sp³-hybridized carbons (Fsp3) is 0.467. The number of carbonyl (C=O) groups excluding carboxylic acids is 1. The quantitative estimate of drug-likeness (QED) is 0.811. The number of carbonyl (C=O) groups is 2. The predicted octanol–water partition coefficient (Wildman–Crippen LogP) is 2.56. The molecule has 0 aliphatic rings. The Labute approximate surface area is 118 Å². The van der Waals surface area contributed by atoms with Gasteiger partial charge in [-0.3, -0.25) is 4.79 Å². The Kier molecular flexibility index (Phi) is 5.70. The summed E-state index contributed by atoms with van der Waals surface area (Å²) < 4.78 is 10.7. The number of benzene rings is 1. The second-order valence-corrected chi connectivity index (χ2v) is 5.34. The first-order chi connectivity index (χ1) is 9.29. The summed E-state index contributed by atoms with van der Waals surface area (Å²) >= 11 is 0. The molecule has 1 aromatic carbocycles. The van der Waals surface area contributed by atoms with E-state index in [0.29, 0.717) is 5.56 Å². The standard InChI is InChI=1S/C15H20O5/c1-15(2,3)20-14(18)13(19-10-9-12(16)17)11-7-5-4-6-8-11/h4-8,13H,9-10H2,1-3H3,(H,16,17). The van der Waals surface area contributed by atoms with Crippen LogP contribution in [0.4, 0.5) is 0 Å². The van der Waals surface area contributed by atoms with Gasteiger partial charge < -0.3 is 14.6 Å². The number of carboxylic acids is 1. The van der Waals surface area contributed by atoms with Gasteiger partial charge in [-0.2, -0.15) is 0 Å². The van der Waals surface area contributed by atoms with Crippen LogP contribution in [0.2, 0.25) is 0 Å². The van der Waals surface area contributed by atoms with Crippen LogP contribution in [-0.4, -0.2) is 29.3 Å². The van der Waals surface area contributed by atoms with Crippen LogP contribution in [0.1, 0.15) is 38.9 Å². The molecule has 0 radical (unpaired) electrons. The first kappa shape index (κ1) is 16.2. The van der Waals surface area contributed by atoms with E-state index in [1.54, 1.807) is 45.0 Å². The lowest BCUT2D eigenvalue weighted by Crippen LogP contribution is -2.29. The second-order valence-electron chi connectivity index (χ2n) is 5.34. The normalized spacial score (nSPS) is 12.8. The van der Waals surface area contributed by atoms with Crippen LogP contribution >= 0.6 is 0 Å². The van der Waals surface area contributed by atoms with Crippen molar-refractivity contribution in [3.63, 3.8) is 0 Å². The topological polar surface area (TPSA) is 72.8 Å². The molecule has 0 amide bonds. The molecule has 20 heavy (non-hydrogen) atoms. The van der Waals surface area contributed by atoms with Crippen molar-refractivity contribution in [3.8, 4) is 0 Å². The molecule has 0 aliphatic carbocycles. The van der Waals surface area contributed by atoms with Crippen LogP contribution in [0.15, 0.2) is 30.3 Å². The van der Waals surface area contributed by atoms with E-state index in [-0.39, 0.29) is 13.0 Å². The van der Waals surface area contributed by atoms with E-state index < -0.39 is 23.6 Å². The summed E-state index contributed by atoms with van der Waals surface area (Å²) in [6.45, 7) is 5.26. The molecule has 0 fully saturated rings. The smallest absolute Gasteiger partial charge is 0.340 e. The molecule has 0 heterocycles. The van der Waals surface area contributed by atoms with Crippen LogP contribution in [-0.2, 0) is 19.1 Å². The fourth-order valence-corrected chi connectivity index (χ4v) is 1.55. The van der Waals surface area contributed by atoms with E-state index in [1.807, 2.05) is 6.07 Å². The van der Waals surface area contributed by atoms with Crippen molar-refractivity contribution in [2.75, 3.05) is 6.61 Å².